The summed E-state index contributed by atoms with van der Waals surface area (Å²) in [6, 6.07) is -1.38. The molecule has 55 heavy (non-hydrogen) atoms. The molecule has 9 heteroatoms. The lowest BCUT2D eigenvalue weighted by molar-refractivity contribution is -0.150. The number of nitrogens with one attached hydrogen (secondary N) is 2. The lowest BCUT2D eigenvalue weighted by Crippen LogP contribution is -2.47. The number of hydrogen-bond acceptors (Lipinski definition) is 6. The second-order valence-electron chi connectivity index (χ2n) is 15.8. The molecule has 0 spiro atoms. The van der Waals surface area contributed by atoms with E-state index in [-0.39, 0.29) is 24.5 Å². The number of carboxylic acids is 1. The second-order valence-corrected chi connectivity index (χ2v) is 15.8. The quantitative estimate of drug-likeness (QED) is 0.0274. The van der Waals surface area contributed by atoms with Crippen molar-refractivity contribution in [2.24, 2.45) is 0 Å². The molecule has 0 aliphatic carbocycles. The third-order valence-corrected chi connectivity index (χ3v) is 10.5. The predicted molar refractivity (Wildman–Crippen MR) is 227 cm³/mol. The predicted octanol–water partition coefficient (Wildman–Crippen LogP) is 11.4. The van der Waals surface area contributed by atoms with E-state index in [1.807, 2.05) is 0 Å². The number of aliphatic carboxylic acids is 1. The zero-order valence-corrected chi connectivity index (χ0v) is 35.7. The smallest absolute Gasteiger partial charge is 0.328 e. The van der Waals surface area contributed by atoms with Crippen molar-refractivity contribution < 1.29 is 34.1 Å². The highest BCUT2D eigenvalue weighted by molar-refractivity contribution is 5.87. The minimum Gasteiger partial charge on any atom is -0.480 e. The van der Waals surface area contributed by atoms with Crippen LogP contribution in [-0.4, -0.2) is 59.3 Å². The number of aliphatic hydroxyl groups excluding tert-OH is 1. The SMILES string of the molecule is CCCCC/C=C\CCCCCCCC(=O)OC(CCCCCCCCCCCCCCCCC)CCCCCCCC(=O)NCC(=O)NC(CO)C(=O)O. The molecule has 0 saturated carbocycles. The van der Waals surface area contributed by atoms with Gasteiger partial charge in [-0.05, 0) is 64.2 Å². The Kier molecular flexibility index (Phi) is 39.4. The molecule has 4 N–H and O–H groups in total. The Hall–Kier alpha value is -2.42. The maximum atomic E-state index is 12.8. The van der Waals surface area contributed by atoms with Gasteiger partial charge in [0.25, 0.3) is 0 Å². The van der Waals surface area contributed by atoms with Crippen molar-refractivity contribution in [3.8, 4) is 0 Å². The van der Waals surface area contributed by atoms with Crippen molar-refractivity contribution in [2.45, 2.75) is 244 Å². The van der Waals surface area contributed by atoms with Crippen LogP contribution in [0.15, 0.2) is 12.2 Å². The van der Waals surface area contributed by atoms with Crippen LogP contribution in [0.25, 0.3) is 0 Å². The van der Waals surface area contributed by atoms with E-state index in [4.69, 9.17) is 14.9 Å². The summed E-state index contributed by atoms with van der Waals surface area (Å²) in [6.07, 6.45) is 43.8. The van der Waals surface area contributed by atoms with Crippen molar-refractivity contribution in [3.63, 3.8) is 0 Å². The fourth-order valence-electron chi connectivity index (χ4n) is 6.95. The Bertz CT molecular complexity index is 941. The van der Waals surface area contributed by atoms with Gasteiger partial charge in [-0.2, -0.15) is 0 Å². The number of hydrogen-bond donors (Lipinski definition) is 4. The molecule has 0 aromatic heterocycles. The highest BCUT2D eigenvalue weighted by atomic mass is 16.5. The summed E-state index contributed by atoms with van der Waals surface area (Å²) in [7, 11) is 0. The summed E-state index contributed by atoms with van der Waals surface area (Å²) in [5.41, 5.74) is 0. The van der Waals surface area contributed by atoms with Crippen molar-refractivity contribution in [1.82, 2.24) is 10.6 Å². The van der Waals surface area contributed by atoms with Gasteiger partial charge in [0, 0.05) is 12.8 Å². The van der Waals surface area contributed by atoms with E-state index in [2.05, 4.69) is 36.6 Å². The molecule has 0 bridgehead atoms. The molecule has 0 saturated heterocycles. The topological polar surface area (TPSA) is 142 Å². The molecule has 0 radical (unpaired) electrons. The molecule has 0 aliphatic heterocycles. The van der Waals surface area contributed by atoms with Gasteiger partial charge in [0.1, 0.15) is 12.1 Å². The molecular weight excluding hydrogens is 693 g/mol. The van der Waals surface area contributed by atoms with E-state index in [9.17, 15) is 19.2 Å². The number of carboxylic acid groups (broad SMARTS) is 1. The number of ether oxygens (including phenoxy) is 1. The molecule has 0 aliphatic rings. The largest absolute Gasteiger partial charge is 0.480 e. The molecule has 0 heterocycles. The second kappa shape index (κ2) is 41.2. The molecule has 322 valence electrons. The van der Waals surface area contributed by atoms with Gasteiger partial charge in [0.05, 0.1) is 13.2 Å². The lowest BCUT2D eigenvalue weighted by atomic mass is 10.0. The third kappa shape index (κ3) is 38.2. The first kappa shape index (κ1) is 52.6. The van der Waals surface area contributed by atoms with E-state index < -0.39 is 24.5 Å². The summed E-state index contributed by atoms with van der Waals surface area (Å²) in [5, 5.41) is 22.6. The Morgan fingerprint density at radius 2 is 0.927 bits per heavy atom. The number of amides is 2. The fourth-order valence-corrected chi connectivity index (χ4v) is 6.95. The van der Waals surface area contributed by atoms with Crippen molar-refractivity contribution in [2.75, 3.05) is 13.2 Å². The minimum atomic E-state index is -1.38. The zero-order valence-electron chi connectivity index (χ0n) is 35.7. The lowest BCUT2D eigenvalue weighted by Gasteiger charge is -2.18. The molecular formula is C46H86N2O7. The average Bonchev–Trinajstić information content (AvgIpc) is 3.17. The van der Waals surface area contributed by atoms with Crippen LogP contribution in [0, 0.1) is 0 Å². The number of unbranched alkanes of at least 4 members (excludes halogenated alkanes) is 26. The first-order chi connectivity index (χ1) is 26.8. The third-order valence-electron chi connectivity index (χ3n) is 10.5. The summed E-state index contributed by atoms with van der Waals surface area (Å²) in [6.45, 7) is 3.48. The van der Waals surface area contributed by atoms with Gasteiger partial charge in [-0.25, -0.2) is 4.79 Å². The van der Waals surface area contributed by atoms with E-state index in [1.54, 1.807) is 0 Å². The first-order valence-electron chi connectivity index (χ1n) is 23.1. The Labute approximate surface area is 337 Å². The van der Waals surface area contributed by atoms with Crippen LogP contribution in [0.3, 0.4) is 0 Å². The van der Waals surface area contributed by atoms with Crippen molar-refractivity contribution in [3.05, 3.63) is 12.2 Å². The molecule has 2 unspecified atom stereocenters. The monoisotopic (exact) mass is 779 g/mol. The summed E-state index contributed by atoms with van der Waals surface area (Å²) >= 11 is 0. The van der Waals surface area contributed by atoms with Crippen LogP contribution in [0.5, 0.6) is 0 Å². The van der Waals surface area contributed by atoms with Crippen LogP contribution in [0.2, 0.25) is 0 Å². The Morgan fingerprint density at radius 1 is 0.527 bits per heavy atom. The van der Waals surface area contributed by atoms with Gasteiger partial charge in [-0.1, -0.05) is 167 Å². The number of carbonyl (C=O) groups is 4. The van der Waals surface area contributed by atoms with Crippen LogP contribution >= 0.6 is 0 Å². The molecule has 0 aromatic carbocycles. The molecule has 9 nitrogen and oxygen atoms in total. The van der Waals surface area contributed by atoms with Crippen LogP contribution in [0.4, 0.5) is 0 Å². The number of allylic oxidation sites excluding steroid dienone is 2. The fraction of sp³-hybridized carbons (Fsp3) is 0.870. The van der Waals surface area contributed by atoms with E-state index >= 15 is 0 Å². The van der Waals surface area contributed by atoms with Crippen LogP contribution in [-0.2, 0) is 23.9 Å². The van der Waals surface area contributed by atoms with E-state index in [0.29, 0.717) is 19.3 Å². The Balaban J connectivity index is 4.30. The normalized spacial score (nSPS) is 12.5. The molecule has 2 amide bonds. The van der Waals surface area contributed by atoms with Gasteiger partial charge >= 0.3 is 11.9 Å². The molecule has 0 fully saturated rings. The maximum Gasteiger partial charge on any atom is 0.328 e. The molecule has 0 rings (SSSR count). The van der Waals surface area contributed by atoms with E-state index in [0.717, 1.165) is 64.2 Å². The highest BCUT2D eigenvalue weighted by Crippen LogP contribution is 2.19. The summed E-state index contributed by atoms with van der Waals surface area (Å²) in [4.78, 5) is 47.6. The zero-order chi connectivity index (χ0) is 40.5. The van der Waals surface area contributed by atoms with Gasteiger partial charge in [-0.3, -0.25) is 14.4 Å². The maximum absolute atomic E-state index is 12.8. The highest BCUT2D eigenvalue weighted by Gasteiger charge is 2.19. The van der Waals surface area contributed by atoms with Gasteiger partial charge in [0.2, 0.25) is 11.8 Å². The van der Waals surface area contributed by atoms with Crippen LogP contribution < -0.4 is 10.6 Å². The van der Waals surface area contributed by atoms with Crippen LogP contribution in [0.1, 0.15) is 232 Å². The molecule has 0 aromatic rings. The standard InChI is InChI=1S/C46H86N2O7/c1-3-5-7-9-11-13-15-17-18-19-20-22-24-27-31-35-41(55-45(52)38-34-30-25-23-21-16-14-12-10-8-6-4-2)36-32-28-26-29-33-37-43(50)47-39-44(51)48-42(40-49)46(53)54/h12,14,41-42,49H,3-11,13,15-40H2,1-2H3,(H,47,50)(H,48,51)(H,53,54)/b14-12-. The van der Waals surface area contributed by atoms with Gasteiger partial charge in [0.15, 0.2) is 0 Å². The number of rotatable bonds is 42. The Morgan fingerprint density at radius 3 is 1.40 bits per heavy atom. The average molecular weight is 779 g/mol. The number of esters is 1. The summed E-state index contributed by atoms with van der Waals surface area (Å²) < 4.78 is 6.04. The minimum absolute atomic E-state index is 0.0120. The van der Waals surface area contributed by atoms with Gasteiger partial charge in [-0.15, -0.1) is 0 Å². The first-order valence-corrected chi connectivity index (χ1v) is 23.1. The van der Waals surface area contributed by atoms with Crippen molar-refractivity contribution >= 4 is 23.8 Å². The molecule has 2 atom stereocenters. The number of aliphatic hydroxyl groups is 1. The van der Waals surface area contributed by atoms with E-state index in [1.165, 1.54) is 135 Å². The van der Waals surface area contributed by atoms with Crippen molar-refractivity contribution in [1.29, 1.82) is 0 Å². The number of carbonyl (C=O) groups excluding carboxylic acids is 3. The van der Waals surface area contributed by atoms with Gasteiger partial charge < -0.3 is 25.6 Å². The summed E-state index contributed by atoms with van der Waals surface area (Å²) in [5.74, 6) is -2.28.